The van der Waals surface area contributed by atoms with Gasteiger partial charge in [0.2, 0.25) is 5.56 Å². The number of ether oxygens (including phenoxy) is 2. The Kier molecular flexibility index (Phi) is 7.63. The molecule has 0 saturated carbocycles. The lowest BCUT2D eigenvalue weighted by Crippen LogP contribution is -3.00. The van der Waals surface area contributed by atoms with Gasteiger partial charge in [-0.05, 0) is 47.2 Å². The molecule has 1 aliphatic heterocycles. The van der Waals surface area contributed by atoms with E-state index < -0.39 is 0 Å². The van der Waals surface area contributed by atoms with Crippen molar-refractivity contribution >= 4 is 10.9 Å². The molecule has 2 heterocycles. The molecule has 0 amide bonds. The first-order chi connectivity index (χ1) is 14.5. The summed E-state index contributed by atoms with van der Waals surface area (Å²) in [4.78, 5) is 14.4. The van der Waals surface area contributed by atoms with Crippen molar-refractivity contribution in [3.05, 3.63) is 70.5 Å². The lowest BCUT2D eigenvalue weighted by Gasteiger charge is -2.41. The van der Waals surface area contributed by atoms with Crippen LogP contribution in [0.4, 0.5) is 0 Å². The number of hydrogen-bond acceptors (Lipinski definition) is 3. The third-order valence-electron chi connectivity index (χ3n) is 6.41. The summed E-state index contributed by atoms with van der Waals surface area (Å²) in [5.74, 6) is 2.39. The number of aromatic nitrogens is 1. The monoisotopic (exact) mass is 442 g/mol. The number of nitrogens with zero attached hydrogens (tertiary/aromatic N) is 1. The molecule has 2 aromatic carbocycles. The molecule has 1 fully saturated rings. The normalized spacial score (nSPS) is 20.8. The third-order valence-corrected chi connectivity index (χ3v) is 6.41. The first-order valence-corrected chi connectivity index (χ1v) is 10.8. The number of likely N-dealkylation sites (tertiary alicyclic amines) is 1. The van der Waals surface area contributed by atoms with E-state index in [0.29, 0.717) is 12.5 Å². The summed E-state index contributed by atoms with van der Waals surface area (Å²) in [5, 5.41) is 1.01. The molecule has 0 unspecified atom stereocenters. The van der Waals surface area contributed by atoms with Gasteiger partial charge in [-0.25, -0.2) is 0 Å². The van der Waals surface area contributed by atoms with E-state index in [1.165, 1.54) is 31.5 Å². The van der Waals surface area contributed by atoms with Crippen molar-refractivity contribution in [1.29, 1.82) is 0 Å². The number of rotatable bonds is 7. The molecule has 5 nitrogen and oxygen atoms in total. The third kappa shape index (κ3) is 5.81. The second kappa shape index (κ2) is 10.2. The van der Waals surface area contributed by atoms with E-state index in [9.17, 15) is 4.79 Å². The number of pyridine rings is 1. The van der Waals surface area contributed by atoms with Gasteiger partial charge in [-0.2, -0.15) is 0 Å². The second-order valence-corrected chi connectivity index (χ2v) is 8.61. The van der Waals surface area contributed by atoms with Gasteiger partial charge in [-0.3, -0.25) is 4.79 Å². The van der Waals surface area contributed by atoms with Gasteiger partial charge in [0.15, 0.2) is 0 Å². The van der Waals surface area contributed by atoms with Gasteiger partial charge in [0.25, 0.3) is 0 Å². The molecule has 0 aliphatic carbocycles. The molecule has 1 N–H and O–H groups in total. The highest BCUT2D eigenvalue weighted by Gasteiger charge is 2.30. The van der Waals surface area contributed by atoms with Gasteiger partial charge in [-0.15, -0.1) is 0 Å². The number of piperidine rings is 1. The number of methoxy groups -OCH3 is 1. The van der Waals surface area contributed by atoms with Crippen molar-refractivity contribution < 1.29 is 26.4 Å². The largest absolute Gasteiger partial charge is 1.00 e. The fraction of sp³-hybridized carbons (Fsp3) is 0.400. The summed E-state index contributed by atoms with van der Waals surface area (Å²) in [6, 6.07) is 17.8. The number of aromatic amines is 1. The van der Waals surface area contributed by atoms with Gasteiger partial charge in [-0.1, -0.05) is 12.1 Å². The van der Waals surface area contributed by atoms with Crippen LogP contribution in [-0.4, -0.2) is 49.9 Å². The standard InChI is InChI=1S/C25H30N2O3.ClH/c1-27(14-11-19(12-15-27)21-5-3-6-22(17-21)29-2)13-4-16-30-23-9-7-20-8-10-25(28)26-24(20)18-23;/h3,5-10,17-19H,4,11-16H2,1-2H3;1H. The first kappa shape index (κ1) is 23.2. The Morgan fingerprint density at radius 2 is 1.81 bits per heavy atom. The Hall–Kier alpha value is -2.50. The lowest BCUT2D eigenvalue weighted by molar-refractivity contribution is -0.914. The Balaban J connectivity index is 0.00000272. The van der Waals surface area contributed by atoms with Crippen molar-refractivity contribution in [2.75, 3.05) is 40.4 Å². The fourth-order valence-electron chi connectivity index (χ4n) is 4.50. The Morgan fingerprint density at radius 3 is 2.58 bits per heavy atom. The molecule has 1 saturated heterocycles. The maximum atomic E-state index is 11.5. The van der Waals surface area contributed by atoms with Gasteiger partial charge < -0.3 is 31.3 Å². The SMILES string of the molecule is COc1cccc(C2CC[N+](C)(CCCOc3ccc4ccc(=O)[nH]c4c3)CC2)c1.[Cl-]. The number of quaternary nitrogens is 1. The minimum Gasteiger partial charge on any atom is -1.00 e. The summed E-state index contributed by atoms with van der Waals surface area (Å²) < 4.78 is 12.4. The summed E-state index contributed by atoms with van der Waals surface area (Å²) in [7, 11) is 4.09. The zero-order valence-corrected chi connectivity index (χ0v) is 19.0. The zero-order valence-electron chi connectivity index (χ0n) is 18.3. The number of halogens is 1. The summed E-state index contributed by atoms with van der Waals surface area (Å²) in [6.45, 7) is 4.20. The van der Waals surface area contributed by atoms with E-state index in [-0.39, 0.29) is 18.0 Å². The first-order valence-electron chi connectivity index (χ1n) is 10.8. The Labute approximate surface area is 190 Å². The van der Waals surface area contributed by atoms with E-state index in [2.05, 4.69) is 30.2 Å². The van der Waals surface area contributed by atoms with E-state index in [0.717, 1.165) is 39.9 Å². The molecule has 0 bridgehead atoms. The van der Waals surface area contributed by atoms with E-state index in [4.69, 9.17) is 9.47 Å². The Morgan fingerprint density at radius 1 is 1.03 bits per heavy atom. The minimum atomic E-state index is -0.0885. The van der Waals surface area contributed by atoms with Crippen molar-refractivity contribution in [2.45, 2.75) is 25.2 Å². The average molecular weight is 443 g/mol. The highest BCUT2D eigenvalue weighted by Crippen LogP contribution is 2.32. The van der Waals surface area contributed by atoms with Gasteiger partial charge in [0.05, 0.1) is 45.9 Å². The smallest absolute Gasteiger partial charge is 0.248 e. The predicted molar refractivity (Wildman–Crippen MR) is 120 cm³/mol. The number of H-pyrrole nitrogens is 1. The minimum absolute atomic E-state index is 0. The van der Waals surface area contributed by atoms with Crippen LogP contribution in [0.25, 0.3) is 10.9 Å². The topological polar surface area (TPSA) is 51.3 Å². The van der Waals surface area contributed by atoms with Crippen LogP contribution in [0.1, 0.15) is 30.7 Å². The van der Waals surface area contributed by atoms with E-state index in [1.807, 2.05) is 30.3 Å². The lowest BCUT2D eigenvalue weighted by atomic mass is 9.88. The maximum Gasteiger partial charge on any atom is 0.248 e. The Bertz CT molecular complexity index is 1060. The molecule has 0 radical (unpaired) electrons. The highest BCUT2D eigenvalue weighted by molar-refractivity contribution is 5.79. The molecule has 166 valence electrons. The predicted octanol–water partition coefficient (Wildman–Crippen LogP) is 1.33. The maximum absolute atomic E-state index is 11.5. The van der Waals surface area contributed by atoms with Crippen LogP contribution in [0.3, 0.4) is 0 Å². The van der Waals surface area contributed by atoms with Crippen molar-refractivity contribution in [3.63, 3.8) is 0 Å². The van der Waals surface area contributed by atoms with Gasteiger partial charge >= 0.3 is 0 Å². The van der Waals surface area contributed by atoms with Crippen LogP contribution in [0.15, 0.2) is 59.4 Å². The zero-order chi connectivity index (χ0) is 21.0. The number of fused-ring (bicyclic) bond motifs is 1. The molecule has 4 rings (SSSR count). The molecule has 6 heteroatoms. The molecular formula is C25H31ClN2O3. The molecule has 0 spiro atoms. The number of nitrogens with one attached hydrogen (secondary N) is 1. The van der Waals surface area contributed by atoms with Gasteiger partial charge in [0.1, 0.15) is 11.5 Å². The van der Waals surface area contributed by atoms with Crippen LogP contribution < -0.4 is 27.4 Å². The van der Waals surface area contributed by atoms with Crippen molar-refractivity contribution in [3.8, 4) is 11.5 Å². The molecule has 0 atom stereocenters. The molecule has 3 aromatic rings. The number of hydrogen-bond donors (Lipinski definition) is 1. The average Bonchev–Trinajstić information content (AvgIpc) is 2.77. The van der Waals surface area contributed by atoms with Crippen LogP contribution in [0.2, 0.25) is 0 Å². The van der Waals surface area contributed by atoms with E-state index in [1.54, 1.807) is 13.2 Å². The van der Waals surface area contributed by atoms with Crippen LogP contribution >= 0.6 is 0 Å². The van der Waals surface area contributed by atoms with Gasteiger partial charge in [0, 0.05) is 31.4 Å². The van der Waals surface area contributed by atoms with E-state index >= 15 is 0 Å². The summed E-state index contributed by atoms with van der Waals surface area (Å²) in [5.41, 5.74) is 2.13. The second-order valence-electron chi connectivity index (χ2n) is 8.61. The van der Waals surface area contributed by atoms with Crippen molar-refractivity contribution in [1.82, 2.24) is 4.98 Å². The summed E-state index contributed by atoms with van der Waals surface area (Å²) in [6.07, 6.45) is 3.44. The quantitative estimate of drug-likeness (QED) is 0.443. The van der Waals surface area contributed by atoms with Crippen molar-refractivity contribution in [2.24, 2.45) is 0 Å². The highest BCUT2D eigenvalue weighted by atomic mass is 35.5. The van der Waals surface area contributed by atoms with Crippen LogP contribution in [0, 0.1) is 0 Å². The molecular weight excluding hydrogens is 412 g/mol. The number of benzene rings is 2. The van der Waals surface area contributed by atoms with Crippen LogP contribution in [-0.2, 0) is 0 Å². The molecule has 1 aromatic heterocycles. The molecule has 31 heavy (non-hydrogen) atoms. The van der Waals surface area contributed by atoms with Crippen LogP contribution in [0.5, 0.6) is 11.5 Å². The summed E-state index contributed by atoms with van der Waals surface area (Å²) >= 11 is 0. The molecule has 1 aliphatic rings. The fourth-order valence-corrected chi connectivity index (χ4v) is 4.50.